The molecule has 0 amide bonds. The second kappa shape index (κ2) is 6.01. The number of nitrogens with two attached hydrogens (primary N) is 1. The molecule has 1 aliphatic heterocycles. The zero-order chi connectivity index (χ0) is 13.7. The largest absolute Gasteiger partial charge is 0.463 e. The summed E-state index contributed by atoms with van der Waals surface area (Å²) in [4.78, 5) is 12.1. The molecule has 0 radical (unpaired) electrons. The summed E-state index contributed by atoms with van der Waals surface area (Å²) in [6, 6.07) is 0.259. The van der Waals surface area contributed by atoms with Gasteiger partial charge < -0.3 is 20.5 Å². The van der Waals surface area contributed by atoms with Crippen LogP contribution in [0.1, 0.15) is 33.1 Å². The topological polar surface area (TPSA) is 95.2 Å². The van der Waals surface area contributed by atoms with E-state index < -0.39 is 0 Å². The minimum atomic E-state index is -0.161. The van der Waals surface area contributed by atoms with Crippen LogP contribution in [-0.4, -0.2) is 40.3 Å². The summed E-state index contributed by atoms with van der Waals surface area (Å²) in [5.74, 6) is 0.580. The first-order valence-electron chi connectivity index (χ1n) is 6.63. The van der Waals surface area contributed by atoms with Crippen molar-refractivity contribution in [2.24, 2.45) is 0 Å². The van der Waals surface area contributed by atoms with Crippen LogP contribution >= 0.6 is 0 Å². The van der Waals surface area contributed by atoms with Gasteiger partial charge in [0, 0.05) is 13.2 Å². The highest BCUT2D eigenvalue weighted by Crippen LogP contribution is 2.25. The number of rotatable bonds is 6. The maximum atomic E-state index is 5.69. The van der Waals surface area contributed by atoms with Crippen LogP contribution in [0.15, 0.2) is 0 Å². The molecular formula is C12H21N5O2. The van der Waals surface area contributed by atoms with Gasteiger partial charge in [-0.15, -0.1) is 0 Å². The molecular weight excluding hydrogens is 246 g/mol. The van der Waals surface area contributed by atoms with Gasteiger partial charge in [-0.1, -0.05) is 6.92 Å². The third kappa shape index (κ3) is 3.92. The summed E-state index contributed by atoms with van der Waals surface area (Å²) in [6.07, 6.45) is 3.00. The monoisotopic (exact) mass is 267 g/mol. The molecule has 1 aliphatic rings. The van der Waals surface area contributed by atoms with Crippen LogP contribution in [0.4, 0.5) is 11.9 Å². The first-order chi connectivity index (χ1) is 9.11. The maximum Gasteiger partial charge on any atom is 0.323 e. The van der Waals surface area contributed by atoms with Crippen molar-refractivity contribution >= 4 is 11.9 Å². The number of aromatic nitrogens is 3. The number of hydrogen-bond donors (Lipinski definition) is 2. The van der Waals surface area contributed by atoms with E-state index in [4.69, 9.17) is 15.2 Å². The summed E-state index contributed by atoms with van der Waals surface area (Å²) >= 11 is 0. The van der Waals surface area contributed by atoms with Crippen molar-refractivity contribution in [1.29, 1.82) is 0 Å². The minimum absolute atomic E-state index is 0.154. The number of hydrogen-bond acceptors (Lipinski definition) is 7. The van der Waals surface area contributed by atoms with Gasteiger partial charge in [0.05, 0.1) is 12.2 Å². The predicted octanol–water partition coefficient (Wildman–Crippen LogP) is 1.22. The lowest BCUT2D eigenvalue weighted by Crippen LogP contribution is -2.33. The molecule has 1 aromatic heterocycles. The van der Waals surface area contributed by atoms with Gasteiger partial charge in [0.15, 0.2) is 0 Å². The van der Waals surface area contributed by atoms with Crippen LogP contribution in [-0.2, 0) is 4.74 Å². The Balaban J connectivity index is 1.97. The van der Waals surface area contributed by atoms with Crippen LogP contribution < -0.4 is 15.8 Å². The summed E-state index contributed by atoms with van der Waals surface area (Å²) in [7, 11) is 0. The Morgan fingerprint density at radius 2 is 2.26 bits per heavy atom. The molecule has 1 aromatic rings. The highest BCUT2D eigenvalue weighted by atomic mass is 16.5. The molecule has 0 aromatic carbocycles. The Morgan fingerprint density at radius 3 is 2.95 bits per heavy atom. The van der Waals surface area contributed by atoms with Gasteiger partial charge in [-0.3, -0.25) is 0 Å². The van der Waals surface area contributed by atoms with Crippen molar-refractivity contribution < 1.29 is 9.47 Å². The van der Waals surface area contributed by atoms with Crippen LogP contribution in [0.3, 0.4) is 0 Å². The minimum Gasteiger partial charge on any atom is -0.463 e. The van der Waals surface area contributed by atoms with Crippen molar-refractivity contribution in [3.63, 3.8) is 0 Å². The lowest BCUT2D eigenvalue weighted by molar-refractivity contribution is 0.0314. The zero-order valence-electron chi connectivity index (χ0n) is 11.5. The van der Waals surface area contributed by atoms with E-state index in [0.717, 1.165) is 25.9 Å². The second-order valence-electron chi connectivity index (χ2n) is 4.90. The first-order valence-corrected chi connectivity index (χ1v) is 6.63. The van der Waals surface area contributed by atoms with E-state index in [1.54, 1.807) is 0 Å². The van der Waals surface area contributed by atoms with Crippen LogP contribution in [0.5, 0.6) is 6.01 Å². The molecule has 1 atom stereocenters. The normalized spacial score (nSPS) is 22.4. The molecule has 3 N–H and O–H groups in total. The average Bonchev–Trinajstić information content (AvgIpc) is 2.81. The van der Waals surface area contributed by atoms with Gasteiger partial charge in [-0.2, -0.15) is 15.0 Å². The van der Waals surface area contributed by atoms with E-state index in [1.807, 2.05) is 6.92 Å². The lowest BCUT2D eigenvalue weighted by Gasteiger charge is -2.23. The molecule has 1 saturated heterocycles. The van der Waals surface area contributed by atoms with Gasteiger partial charge in [0.1, 0.15) is 0 Å². The number of ether oxygens (including phenoxy) is 2. The van der Waals surface area contributed by atoms with E-state index in [2.05, 4.69) is 27.2 Å². The Hall–Kier alpha value is -1.63. The van der Waals surface area contributed by atoms with E-state index in [-0.39, 0.29) is 17.6 Å². The molecule has 0 saturated carbocycles. The Bertz CT molecular complexity index is 421. The maximum absolute atomic E-state index is 5.69. The van der Waals surface area contributed by atoms with Crippen molar-refractivity contribution in [3.8, 4) is 6.01 Å². The van der Waals surface area contributed by atoms with Gasteiger partial charge in [0.2, 0.25) is 11.9 Å². The van der Waals surface area contributed by atoms with Gasteiger partial charge >= 0.3 is 6.01 Å². The fourth-order valence-electron chi connectivity index (χ4n) is 1.95. The van der Waals surface area contributed by atoms with Crippen molar-refractivity contribution in [2.75, 3.05) is 30.8 Å². The second-order valence-corrected chi connectivity index (χ2v) is 4.90. The van der Waals surface area contributed by atoms with Crippen molar-refractivity contribution in [2.45, 2.75) is 38.7 Å². The molecule has 0 bridgehead atoms. The number of anilines is 2. The van der Waals surface area contributed by atoms with Gasteiger partial charge in [-0.05, 0) is 26.2 Å². The molecule has 7 heteroatoms. The number of nitrogens with one attached hydrogen (secondary N) is 1. The van der Waals surface area contributed by atoms with Crippen LogP contribution in [0, 0.1) is 0 Å². The third-order valence-electron chi connectivity index (χ3n) is 2.99. The van der Waals surface area contributed by atoms with E-state index in [9.17, 15) is 0 Å². The molecule has 7 nitrogen and oxygen atoms in total. The number of nitrogen functional groups attached to an aromatic ring is 1. The third-order valence-corrected chi connectivity index (χ3v) is 2.99. The molecule has 0 spiro atoms. The standard InChI is InChI=1S/C12H21N5O2/c1-3-6-18-11-16-9(13)15-10(17-11)14-8-12(2)5-4-7-19-12/h3-8H2,1-2H3,(H3,13,14,15,16,17). The smallest absolute Gasteiger partial charge is 0.323 e. The first kappa shape index (κ1) is 13.8. The molecule has 2 heterocycles. The van der Waals surface area contributed by atoms with E-state index in [0.29, 0.717) is 19.1 Å². The lowest BCUT2D eigenvalue weighted by atomic mass is 10.0. The Morgan fingerprint density at radius 1 is 1.42 bits per heavy atom. The molecule has 2 rings (SSSR count). The summed E-state index contributed by atoms with van der Waals surface area (Å²) in [5, 5.41) is 3.14. The predicted molar refractivity (Wildman–Crippen MR) is 72.1 cm³/mol. The zero-order valence-corrected chi connectivity index (χ0v) is 11.5. The Labute approximate surface area is 112 Å². The fraction of sp³-hybridized carbons (Fsp3) is 0.750. The highest BCUT2D eigenvalue weighted by molar-refractivity contribution is 5.33. The van der Waals surface area contributed by atoms with E-state index in [1.165, 1.54) is 0 Å². The molecule has 1 fully saturated rings. The SMILES string of the molecule is CCCOc1nc(N)nc(NCC2(C)CCCO2)n1. The van der Waals surface area contributed by atoms with Crippen LogP contribution in [0.25, 0.3) is 0 Å². The Kier molecular flexibility index (Phi) is 4.36. The number of nitrogens with zero attached hydrogens (tertiary/aromatic N) is 3. The summed E-state index contributed by atoms with van der Waals surface area (Å²) in [5.41, 5.74) is 5.47. The average molecular weight is 267 g/mol. The van der Waals surface area contributed by atoms with Crippen molar-refractivity contribution in [3.05, 3.63) is 0 Å². The van der Waals surface area contributed by atoms with Gasteiger partial charge in [-0.25, -0.2) is 0 Å². The molecule has 1 unspecified atom stereocenters. The van der Waals surface area contributed by atoms with E-state index >= 15 is 0 Å². The fourth-order valence-corrected chi connectivity index (χ4v) is 1.95. The van der Waals surface area contributed by atoms with Crippen LogP contribution in [0.2, 0.25) is 0 Å². The summed E-state index contributed by atoms with van der Waals surface area (Å²) in [6.45, 7) is 6.10. The molecule has 19 heavy (non-hydrogen) atoms. The molecule has 0 aliphatic carbocycles. The van der Waals surface area contributed by atoms with Crippen molar-refractivity contribution in [1.82, 2.24) is 15.0 Å². The molecule has 106 valence electrons. The highest BCUT2D eigenvalue weighted by Gasteiger charge is 2.29. The van der Waals surface area contributed by atoms with Gasteiger partial charge in [0.25, 0.3) is 0 Å². The quantitative estimate of drug-likeness (QED) is 0.800. The summed E-state index contributed by atoms with van der Waals surface area (Å²) < 4.78 is 11.1.